The Balaban J connectivity index is 2.07. The van der Waals surface area contributed by atoms with E-state index in [2.05, 4.69) is 12.2 Å². The Bertz CT molecular complexity index is 261. The maximum atomic E-state index is 5.79. The van der Waals surface area contributed by atoms with E-state index in [0.29, 0.717) is 0 Å². The Kier molecular flexibility index (Phi) is 6.41. The molecule has 15 heavy (non-hydrogen) atoms. The van der Waals surface area contributed by atoms with Gasteiger partial charge in [-0.25, -0.2) is 0 Å². The highest BCUT2D eigenvalue weighted by Gasteiger charge is 1.93. The SMILES string of the molecule is CCNCCOCCc1ccc(Cl)cc1. The molecule has 0 aromatic heterocycles. The van der Waals surface area contributed by atoms with Crippen molar-refractivity contribution in [3.63, 3.8) is 0 Å². The van der Waals surface area contributed by atoms with E-state index < -0.39 is 0 Å². The molecule has 3 heteroatoms. The zero-order valence-corrected chi connectivity index (χ0v) is 9.89. The van der Waals surface area contributed by atoms with Crippen LogP contribution in [0.3, 0.4) is 0 Å². The van der Waals surface area contributed by atoms with E-state index in [4.69, 9.17) is 16.3 Å². The lowest BCUT2D eigenvalue weighted by molar-refractivity contribution is 0.139. The summed E-state index contributed by atoms with van der Waals surface area (Å²) < 4.78 is 5.47. The summed E-state index contributed by atoms with van der Waals surface area (Å²) >= 11 is 5.79. The Morgan fingerprint density at radius 1 is 1.20 bits per heavy atom. The predicted octanol–water partition coefficient (Wildman–Crippen LogP) is 2.51. The molecular weight excluding hydrogens is 210 g/mol. The first-order valence-corrected chi connectivity index (χ1v) is 5.73. The number of nitrogens with one attached hydrogen (secondary N) is 1. The minimum Gasteiger partial charge on any atom is -0.380 e. The van der Waals surface area contributed by atoms with Crippen molar-refractivity contribution in [1.29, 1.82) is 0 Å². The number of hydrogen-bond acceptors (Lipinski definition) is 2. The molecule has 0 aliphatic heterocycles. The van der Waals surface area contributed by atoms with Gasteiger partial charge in [-0.1, -0.05) is 30.7 Å². The van der Waals surface area contributed by atoms with Gasteiger partial charge in [0.05, 0.1) is 13.2 Å². The minimum atomic E-state index is 0.771. The van der Waals surface area contributed by atoms with Crippen LogP contribution in [0.15, 0.2) is 24.3 Å². The van der Waals surface area contributed by atoms with Gasteiger partial charge in [0.15, 0.2) is 0 Å². The summed E-state index contributed by atoms with van der Waals surface area (Å²) in [4.78, 5) is 0. The summed E-state index contributed by atoms with van der Waals surface area (Å²) in [5, 5.41) is 4.00. The lowest BCUT2D eigenvalue weighted by Gasteiger charge is -2.04. The highest BCUT2D eigenvalue weighted by molar-refractivity contribution is 6.30. The van der Waals surface area contributed by atoms with Crippen molar-refractivity contribution in [3.05, 3.63) is 34.9 Å². The normalized spacial score (nSPS) is 10.5. The van der Waals surface area contributed by atoms with Gasteiger partial charge in [0, 0.05) is 11.6 Å². The van der Waals surface area contributed by atoms with Gasteiger partial charge in [0.1, 0.15) is 0 Å². The molecule has 1 aromatic rings. The number of likely N-dealkylation sites (N-methyl/N-ethyl adjacent to an activating group) is 1. The van der Waals surface area contributed by atoms with Crippen LogP contribution in [0.2, 0.25) is 5.02 Å². The topological polar surface area (TPSA) is 21.3 Å². The van der Waals surface area contributed by atoms with E-state index in [1.165, 1.54) is 5.56 Å². The van der Waals surface area contributed by atoms with Crippen molar-refractivity contribution < 1.29 is 4.74 Å². The van der Waals surface area contributed by atoms with Crippen LogP contribution in [0, 0.1) is 0 Å². The van der Waals surface area contributed by atoms with Crippen molar-refractivity contribution in [2.45, 2.75) is 13.3 Å². The Labute approximate surface area is 96.6 Å². The minimum absolute atomic E-state index is 0.771. The van der Waals surface area contributed by atoms with Crippen molar-refractivity contribution in [3.8, 4) is 0 Å². The standard InChI is InChI=1S/C12H18ClNO/c1-2-14-8-10-15-9-7-11-3-5-12(13)6-4-11/h3-6,14H,2,7-10H2,1H3. The molecule has 2 nitrogen and oxygen atoms in total. The average molecular weight is 228 g/mol. The van der Waals surface area contributed by atoms with Gasteiger partial charge in [-0.3, -0.25) is 0 Å². The molecule has 0 aliphatic carbocycles. The average Bonchev–Trinajstić information content (AvgIpc) is 2.26. The van der Waals surface area contributed by atoms with Gasteiger partial charge in [-0.2, -0.15) is 0 Å². The van der Waals surface area contributed by atoms with E-state index in [1.807, 2.05) is 24.3 Å². The van der Waals surface area contributed by atoms with E-state index >= 15 is 0 Å². The molecular formula is C12H18ClNO. The number of rotatable bonds is 7. The molecule has 0 fully saturated rings. The summed E-state index contributed by atoms with van der Waals surface area (Å²) in [5.74, 6) is 0. The van der Waals surface area contributed by atoms with Crippen molar-refractivity contribution >= 4 is 11.6 Å². The van der Waals surface area contributed by atoms with Crippen LogP contribution in [0.5, 0.6) is 0 Å². The third-order valence-electron chi connectivity index (χ3n) is 2.12. The Morgan fingerprint density at radius 2 is 1.93 bits per heavy atom. The van der Waals surface area contributed by atoms with E-state index in [1.54, 1.807) is 0 Å². The van der Waals surface area contributed by atoms with Crippen LogP contribution in [-0.2, 0) is 11.2 Å². The van der Waals surface area contributed by atoms with Crippen LogP contribution in [-0.4, -0.2) is 26.3 Å². The molecule has 0 aliphatic rings. The number of hydrogen-bond donors (Lipinski definition) is 1. The van der Waals surface area contributed by atoms with Gasteiger partial charge in [0.2, 0.25) is 0 Å². The molecule has 0 amide bonds. The van der Waals surface area contributed by atoms with E-state index in [9.17, 15) is 0 Å². The number of ether oxygens (including phenoxy) is 1. The predicted molar refractivity (Wildman–Crippen MR) is 64.5 cm³/mol. The zero-order valence-electron chi connectivity index (χ0n) is 9.13. The Hall–Kier alpha value is -0.570. The molecule has 0 saturated heterocycles. The van der Waals surface area contributed by atoms with Gasteiger partial charge < -0.3 is 10.1 Å². The van der Waals surface area contributed by atoms with Gasteiger partial charge >= 0.3 is 0 Å². The summed E-state index contributed by atoms with van der Waals surface area (Å²) in [7, 11) is 0. The fraction of sp³-hybridized carbons (Fsp3) is 0.500. The highest BCUT2D eigenvalue weighted by Crippen LogP contribution is 2.09. The third kappa shape index (κ3) is 5.78. The Morgan fingerprint density at radius 3 is 2.60 bits per heavy atom. The summed E-state index contributed by atoms with van der Waals surface area (Å²) in [5.41, 5.74) is 1.27. The molecule has 0 spiro atoms. The number of benzene rings is 1. The maximum Gasteiger partial charge on any atom is 0.0591 e. The quantitative estimate of drug-likeness (QED) is 0.723. The molecule has 1 aromatic carbocycles. The molecule has 0 bridgehead atoms. The van der Waals surface area contributed by atoms with Crippen LogP contribution < -0.4 is 5.32 Å². The second kappa shape index (κ2) is 7.69. The van der Waals surface area contributed by atoms with Gasteiger partial charge in [-0.05, 0) is 30.7 Å². The van der Waals surface area contributed by atoms with Crippen molar-refractivity contribution in [2.75, 3.05) is 26.3 Å². The molecule has 1 N–H and O–H groups in total. The van der Waals surface area contributed by atoms with Crippen LogP contribution in [0.4, 0.5) is 0 Å². The summed E-state index contributed by atoms with van der Waals surface area (Å²) in [6.45, 7) is 5.57. The fourth-order valence-electron chi connectivity index (χ4n) is 1.26. The van der Waals surface area contributed by atoms with Crippen LogP contribution in [0.1, 0.15) is 12.5 Å². The second-order valence-electron chi connectivity index (χ2n) is 3.34. The molecule has 84 valence electrons. The lowest BCUT2D eigenvalue weighted by atomic mass is 10.2. The highest BCUT2D eigenvalue weighted by atomic mass is 35.5. The molecule has 0 saturated carbocycles. The first kappa shape index (κ1) is 12.5. The zero-order chi connectivity index (χ0) is 10.9. The second-order valence-corrected chi connectivity index (χ2v) is 3.78. The fourth-order valence-corrected chi connectivity index (χ4v) is 1.39. The third-order valence-corrected chi connectivity index (χ3v) is 2.37. The molecule has 1 rings (SSSR count). The van der Waals surface area contributed by atoms with E-state index in [0.717, 1.165) is 37.7 Å². The largest absolute Gasteiger partial charge is 0.380 e. The summed E-state index contributed by atoms with van der Waals surface area (Å²) in [6, 6.07) is 7.90. The van der Waals surface area contributed by atoms with Gasteiger partial charge in [0.25, 0.3) is 0 Å². The first-order chi connectivity index (χ1) is 7.33. The molecule has 0 heterocycles. The van der Waals surface area contributed by atoms with Gasteiger partial charge in [-0.15, -0.1) is 0 Å². The molecule has 0 radical (unpaired) electrons. The molecule has 0 unspecified atom stereocenters. The number of halogens is 1. The van der Waals surface area contributed by atoms with Crippen LogP contribution in [0.25, 0.3) is 0 Å². The lowest BCUT2D eigenvalue weighted by Crippen LogP contribution is -2.19. The smallest absolute Gasteiger partial charge is 0.0591 e. The first-order valence-electron chi connectivity index (χ1n) is 5.36. The monoisotopic (exact) mass is 227 g/mol. The van der Waals surface area contributed by atoms with Crippen molar-refractivity contribution in [2.24, 2.45) is 0 Å². The van der Waals surface area contributed by atoms with Crippen molar-refractivity contribution in [1.82, 2.24) is 5.32 Å². The summed E-state index contributed by atoms with van der Waals surface area (Å²) in [6.07, 6.45) is 0.948. The van der Waals surface area contributed by atoms with E-state index in [-0.39, 0.29) is 0 Å². The maximum absolute atomic E-state index is 5.79. The van der Waals surface area contributed by atoms with Crippen LogP contribution >= 0.6 is 11.6 Å². The molecule has 0 atom stereocenters.